The number of nitrogens with zero attached hydrogens (tertiary/aromatic N) is 2. The normalized spacial score (nSPS) is 11.5. The summed E-state index contributed by atoms with van der Waals surface area (Å²) in [4.78, 5) is 0.171. The summed E-state index contributed by atoms with van der Waals surface area (Å²) in [7, 11) is -3.69. The van der Waals surface area contributed by atoms with Gasteiger partial charge in [0, 0.05) is 5.69 Å². The van der Waals surface area contributed by atoms with E-state index in [4.69, 9.17) is 0 Å². The van der Waals surface area contributed by atoms with E-state index in [1.807, 2.05) is 56.3 Å². The maximum absolute atomic E-state index is 12.7. The number of sulfonamides is 1. The van der Waals surface area contributed by atoms with Crippen LogP contribution in [0, 0.1) is 20.8 Å². The lowest BCUT2D eigenvalue weighted by Gasteiger charge is -2.09. The summed E-state index contributed by atoms with van der Waals surface area (Å²) in [6.07, 6.45) is 1.54. The van der Waals surface area contributed by atoms with Crippen LogP contribution in [-0.4, -0.2) is 18.2 Å². The Morgan fingerprint density at radius 3 is 2.33 bits per heavy atom. The second-order valence-corrected chi connectivity index (χ2v) is 7.41. The van der Waals surface area contributed by atoms with Crippen LogP contribution in [0.4, 0.5) is 5.69 Å². The third-order valence-electron chi connectivity index (χ3n) is 3.92. The number of hydrogen-bond acceptors (Lipinski definition) is 3. The SMILES string of the molecule is Cc1ccc(NS(=O)(=O)c2cn(-c3ccccc3)nc2C)cc1C. The van der Waals surface area contributed by atoms with Crippen molar-refractivity contribution in [1.29, 1.82) is 0 Å². The van der Waals surface area contributed by atoms with Crippen molar-refractivity contribution in [1.82, 2.24) is 9.78 Å². The highest BCUT2D eigenvalue weighted by atomic mass is 32.2. The number of aryl methyl sites for hydroxylation is 3. The molecule has 0 amide bonds. The molecule has 3 rings (SSSR count). The van der Waals surface area contributed by atoms with Gasteiger partial charge in [0.15, 0.2) is 0 Å². The molecule has 1 heterocycles. The molecule has 0 saturated heterocycles. The van der Waals surface area contributed by atoms with Gasteiger partial charge < -0.3 is 0 Å². The second kappa shape index (κ2) is 6.13. The van der Waals surface area contributed by atoms with Gasteiger partial charge in [-0.05, 0) is 56.2 Å². The molecule has 0 saturated carbocycles. The standard InChI is InChI=1S/C18H19N3O2S/c1-13-9-10-16(11-14(13)2)20-24(22,23)18-12-21(19-15(18)3)17-7-5-4-6-8-17/h4-12,20H,1-3H3. The Bertz CT molecular complexity index is 977. The molecular formula is C18H19N3O2S. The first-order valence-electron chi connectivity index (χ1n) is 7.58. The van der Waals surface area contributed by atoms with E-state index in [-0.39, 0.29) is 4.90 Å². The average molecular weight is 341 g/mol. The highest BCUT2D eigenvalue weighted by molar-refractivity contribution is 7.92. The first kappa shape index (κ1) is 16.3. The number of para-hydroxylation sites is 1. The van der Waals surface area contributed by atoms with Crippen molar-refractivity contribution < 1.29 is 8.42 Å². The van der Waals surface area contributed by atoms with Gasteiger partial charge in [0.25, 0.3) is 10.0 Å². The summed E-state index contributed by atoms with van der Waals surface area (Å²) < 4.78 is 29.6. The molecule has 0 atom stereocenters. The fraction of sp³-hybridized carbons (Fsp3) is 0.167. The summed E-state index contributed by atoms with van der Waals surface area (Å²) in [6, 6.07) is 14.9. The molecule has 0 aliphatic rings. The van der Waals surface area contributed by atoms with E-state index in [0.717, 1.165) is 16.8 Å². The van der Waals surface area contributed by atoms with Gasteiger partial charge >= 0.3 is 0 Å². The van der Waals surface area contributed by atoms with Crippen LogP contribution in [-0.2, 0) is 10.0 Å². The zero-order chi connectivity index (χ0) is 17.3. The molecular weight excluding hydrogens is 322 g/mol. The molecule has 124 valence electrons. The molecule has 24 heavy (non-hydrogen) atoms. The predicted octanol–water partition coefficient (Wildman–Crippen LogP) is 3.60. The van der Waals surface area contributed by atoms with Crippen molar-refractivity contribution in [2.75, 3.05) is 4.72 Å². The first-order valence-corrected chi connectivity index (χ1v) is 9.07. The van der Waals surface area contributed by atoms with Gasteiger partial charge in [0.05, 0.1) is 17.6 Å². The topological polar surface area (TPSA) is 64.0 Å². The highest BCUT2D eigenvalue weighted by Crippen LogP contribution is 2.22. The third kappa shape index (κ3) is 3.19. The Hall–Kier alpha value is -2.60. The third-order valence-corrected chi connectivity index (χ3v) is 5.41. The summed E-state index contributed by atoms with van der Waals surface area (Å²) in [5, 5.41) is 4.32. The largest absolute Gasteiger partial charge is 0.280 e. The van der Waals surface area contributed by atoms with Crippen LogP contribution < -0.4 is 4.72 Å². The molecule has 2 aromatic carbocycles. The lowest BCUT2D eigenvalue weighted by molar-refractivity contribution is 0.600. The number of rotatable bonds is 4. The first-order chi connectivity index (χ1) is 11.4. The summed E-state index contributed by atoms with van der Waals surface area (Å²) in [5.41, 5.74) is 3.96. The fourth-order valence-electron chi connectivity index (χ4n) is 2.44. The maximum atomic E-state index is 12.7. The zero-order valence-corrected chi connectivity index (χ0v) is 14.6. The molecule has 3 aromatic rings. The van der Waals surface area contributed by atoms with Crippen LogP contribution >= 0.6 is 0 Å². The quantitative estimate of drug-likeness (QED) is 0.788. The molecule has 0 unspecified atom stereocenters. The van der Waals surface area contributed by atoms with E-state index < -0.39 is 10.0 Å². The summed E-state index contributed by atoms with van der Waals surface area (Å²) in [6.45, 7) is 5.63. The second-order valence-electron chi connectivity index (χ2n) is 5.76. The van der Waals surface area contributed by atoms with Gasteiger partial charge in [-0.3, -0.25) is 4.72 Å². The van der Waals surface area contributed by atoms with Crippen LogP contribution in [0.1, 0.15) is 16.8 Å². The lowest BCUT2D eigenvalue weighted by atomic mass is 10.1. The molecule has 1 aromatic heterocycles. The Morgan fingerprint density at radius 2 is 1.67 bits per heavy atom. The van der Waals surface area contributed by atoms with E-state index in [2.05, 4.69) is 9.82 Å². The zero-order valence-electron chi connectivity index (χ0n) is 13.8. The fourth-order valence-corrected chi connectivity index (χ4v) is 3.65. The van der Waals surface area contributed by atoms with Crippen molar-refractivity contribution >= 4 is 15.7 Å². The molecule has 0 spiro atoms. The maximum Gasteiger partial charge on any atom is 0.265 e. The molecule has 0 aliphatic heterocycles. The lowest BCUT2D eigenvalue weighted by Crippen LogP contribution is -2.13. The predicted molar refractivity (Wildman–Crippen MR) is 95.0 cm³/mol. The Balaban J connectivity index is 1.95. The smallest absolute Gasteiger partial charge is 0.265 e. The average Bonchev–Trinajstić information content (AvgIpc) is 2.94. The number of benzene rings is 2. The van der Waals surface area contributed by atoms with E-state index in [1.54, 1.807) is 17.7 Å². The molecule has 1 N–H and O–H groups in total. The number of aromatic nitrogens is 2. The molecule has 5 nitrogen and oxygen atoms in total. The summed E-state index contributed by atoms with van der Waals surface area (Å²) >= 11 is 0. The monoisotopic (exact) mass is 341 g/mol. The van der Waals surface area contributed by atoms with Crippen LogP contribution in [0.15, 0.2) is 59.6 Å². The van der Waals surface area contributed by atoms with Crippen LogP contribution in [0.2, 0.25) is 0 Å². The van der Waals surface area contributed by atoms with E-state index >= 15 is 0 Å². The molecule has 6 heteroatoms. The molecule has 0 bridgehead atoms. The Morgan fingerprint density at radius 1 is 0.958 bits per heavy atom. The molecule has 0 fully saturated rings. The van der Waals surface area contributed by atoms with Crippen LogP contribution in [0.25, 0.3) is 5.69 Å². The Labute approximate surface area is 142 Å². The van der Waals surface area contributed by atoms with Crippen molar-refractivity contribution in [3.8, 4) is 5.69 Å². The van der Waals surface area contributed by atoms with Crippen molar-refractivity contribution in [2.24, 2.45) is 0 Å². The minimum atomic E-state index is -3.69. The van der Waals surface area contributed by atoms with Crippen molar-refractivity contribution in [3.63, 3.8) is 0 Å². The van der Waals surface area contributed by atoms with Gasteiger partial charge in [0.2, 0.25) is 0 Å². The van der Waals surface area contributed by atoms with Crippen LogP contribution in [0.5, 0.6) is 0 Å². The van der Waals surface area contributed by atoms with E-state index in [0.29, 0.717) is 11.4 Å². The van der Waals surface area contributed by atoms with E-state index in [9.17, 15) is 8.42 Å². The van der Waals surface area contributed by atoms with Crippen molar-refractivity contribution in [2.45, 2.75) is 25.7 Å². The number of anilines is 1. The number of nitrogens with one attached hydrogen (secondary N) is 1. The van der Waals surface area contributed by atoms with Gasteiger partial charge in [-0.15, -0.1) is 0 Å². The minimum absolute atomic E-state index is 0.171. The molecule has 0 radical (unpaired) electrons. The van der Waals surface area contributed by atoms with Gasteiger partial charge in [-0.25, -0.2) is 13.1 Å². The van der Waals surface area contributed by atoms with Gasteiger partial charge in [0.1, 0.15) is 4.90 Å². The van der Waals surface area contributed by atoms with Crippen LogP contribution in [0.3, 0.4) is 0 Å². The van der Waals surface area contributed by atoms with Crippen molar-refractivity contribution in [3.05, 3.63) is 71.5 Å². The number of hydrogen-bond donors (Lipinski definition) is 1. The van der Waals surface area contributed by atoms with Gasteiger partial charge in [-0.2, -0.15) is 5.10 Å². The minimum Gasteiger partial charge on any atom is -0.280 e. The van der Waals surface area contributed by atoms with Gasteiger partial charge in [-0.1, -0.05) is 24.3 Å². The summed E-state index contributed by atoms with van der Waals surface area (Å²) in [5.74, 6) is 0. The highest BCUT2D eigenvalue weighted by Gasteiger charge is 2.21. The Kier molecular flexibility index (Phi) is 4.15. The molecule has 0 aliphatic carbocycles. The van der Waals surface area contributed by atoms with E-state index in [1.165, 1.54) is 6.20 Å².